The van der Waals surface area contributed by atoms with Crippen molar-refractivity contribution in [2.75, 3.05) is 26.7 Å². The van der Waals surface area contributed by atoms with Crippen LogP contribution in [-0.4, -0.2) is 43.1 Å². The van der Waals surface area contributed by atoms with Gasteiger partial charge in [-0.15, -0.1) is 0 Å². The second kappa shape index (κ2) is 7.56. The molecule has 2 atom stereocenters. The molecule has 1 N–H and O–H groups in total. The van der Waals surface area contributed by atoms with Crippen LogP contribution in [0.3, 0.4) is 0 Å². The Morgan fingerprint density at radius 1 is 1.29 bits per heavy atom. The lowest BCUT2D eigenvalue weighted by Crippen LogP contribution is -2.56. The van der Waals surface area contributed by atoms with Crippen LogP contribution in [0.25, 0.3) is 0 Å². The van der Waals surface area contributed by atoms with E-state index in [-0.39, 0.29) is 11.4 Å². The van der Waals surface area contributed by atoms with Gasteiger partial charge < -0.3 is 10.1 Å². The molecule has 24 heavy (non-hydrogen) atoms. The number of amides is 1. The Morgan fingerprint density at radius 2 is 1.92 bits per heavy atom. The molecule has 0 radical (unpaired) electrons. The van der Waals surface area contributed by atoms with Crippen molar-refractivity contribution in [3.8, 4) is 5.75 Å². The van der Waals surface area contributed by atoms with Gasteiger partial charge in [0.25, 0.3) is 5.91 Å². The predicted octanol–water partition coefficient (Wildman–Crippen LogP) is 3.49. The largest absolute Gasteiger partial charge is 0.496 e. The molecule has 0 saturated carbocycles. The molecule has 2 unspecified atom stereocenters. The molecule has 0 bridgehead atoms. The lowest BCUT2D eigenvalue weighted by molar-refractivity contribution is 0.0445. The zero-order chi connectivity index (χ0) is 17.9. The van der Waals surface area contributed by atoms with E-state index in [1.807, 2.05) is 25.1 Å². The molecule has 2 rings (SSSR count). The van der Waals surface area contributed by atoms with E-state index < -0.39 is 0 Å². The van der Waals surface area contributed by atoms with Crippen LogP contribution in [0.15, 0.2) is 18.2 Å². The summed E-state index contributed by atoms with van der Waals surface area (Å²) >= 11 is 0. The van der Waals surface area contributed by atoms with Gasteiger partial charge in [0.1, 0.15) is 5.75 Å². The van der Waals surface area contributed by atoms with Crippen LogP contribution in [0.2, 0.25) is 0 Å². The molecule has 1 saturated heterocycles. The minimum Gasteiger partial charge on any atom is -0.496 e. The van der Waals surface area contributed by atoms with E-state index in [9.17, 15) is 4.79 Å². The Morgan fingerprint density at radius 3 is 2.50 bits per heavy atom. The number of methoxy groups -OCH3 is 1. The highest BCUT2D eigenvalue weighted by Gasteiger charge is 2.32. The maximum atomic E-state index is 12.5. The second-order valence-corrected chi connectivity index (χ2v) is 8.03. The fourth-order valence-electron chi connectivity index (χ4n) is 3.63. The Hall–Kier alpha value is -1.55. The Labute approximate surface area is 146 Å². The van der Waals surface area contributed by atoms with Crippen molar-refractivity contribution in [1.82, 2.24) is 10.2 Å². The van der Waals surface area contributed by atoms with Gasteiger partial charge in [0.15, 0.2) is 0 Å². The summed E-state index contributed by atoms with van der Waals surface area (Å²) in [6.45, 7) is 13.9. The third kappa shape index (κ3) is 4.50. The Kier molecular flexibility index (Phi) is 5.92. The van der Waals surface area contributed by atoms with Crippen molar-refractivity contribution >= 4 is 5.91 Å². The second-order valence-electron chi connectivity index (χ2n) is 8.03. The molecular weight excluding hydrogens is 300 g/mol. The van der Waals surface area contributed by atoms with E-state index in [2.05, 4.69) is 37.9 Å². The molecule has 4 nitrogen and oxygen atoms in total. The first-order valence-electron chi connectivity index (χ1n) is 8.91. The fraction of sp³-hybridized carbons (Fsp3) is 0.650. The normalized spacial score (nSPS) is 22.2. The molecule has 1 aromatic rings. The SMILES string of the molecule is COc1cc(C(=O)NCC(C)(C)N2CC(C)CC(C)C2)ccc1C. The molecule has 1 aliphatic heterocycles. The molecule has 1 fully saturated rings. The summed E-state index contributed by atoms with van der Waals surface area (Å²) in [5.74, 6) is 2.13. The van der Waals surface area contributed by atoms with Crippen LogP contribution in [-0.2, 0) is 0 Å². The summed E-state index contributed by atoms with van der Waals surface area (Å²) in [5.41, 5.74) is 1.63. The van der Waals surface area contributed by atoms with Crippen molar-refractivity contribution in [1.29, 1.82) is 0 Å². The summed E-state index contributed by atoms with van der Waals surface area (Å²) < 4.78 is 5.31. The summed E-state index contributed by atoms with van der Waals surface area (Å²) in [5, 5.41) is 3.10. The number of ether oxygens (including phenoxy) is 1. The number of hydrogen-bond acceptors (Lipinski definition) is 3. The van der Waals surface area contributed by atoms with Crippen LogP contribution in [0.5, 0.6) is 5.75 Å². The average molecular weight is 332 g/mol. The van der Waals surface area contributed by atoms with Crippen molar-refractivity contribution in [3.05, 3.63) is 29.3 Å². The molecule has 1 aromatic carbocycles. The smallest absolute Gasteiger partial charge is 0.251 e. The minimum atomic E-state index is -0.0482. The van der Waals surface area contributed by atoms with Gasteiger partial charge >= 0.3 is 0 Å². The van der Waals surface area contributed by atoms with Crippen LogP contribution in [0, 0.1) is 18.8 Å². The number of carbonyl (C=O) groups excluding carboxylic acids is 1. The number of nitrogens with zero attached hydrogens (tertiary/aromatic N) is 1. The first-order valence-corrected chi connectivity index (χ1v) is 8.91. The molecular formula is C20H32N2O2. The topological polar surface area (TPSA) is 41.6 Å². The number of hydrogen-bond donors (Lipinski definition) is 1. The zero-order valence-electron chi connectivity index (χ0n) is 16.0. The van der Waals surface area contributed by atoms with Crippen molar-refractivity contribution in [2.24, 2.45) is 11.8 Å². The minimum absolute atomic E-state index is 0.0421. The maximum Gasteiger partial charge on any atom is 0.251 e. The number of carbonyl (C=O) groups is 1. The van der Waals surface area contributed by atoms with E-state index in [0.29, 0.717) is 23.9 Å². The monoisotopic (exact) mass is 332 g/mol. The van der Waals surface area contributed by atoms with Gasteiger partial charge in [0.05, 0.1) is 7.11 Å². The average Bonchev–Trinajstić information content (AvgIpc) is 2.52. The number of benzene rings is 1. The number of piperidine rings is 1. The third-order valence-corrected chi connectivity index (χ3v) is 5.08. The molecule has 1 amide bonds. The van der Waals surface area contributed by atoms with Crippen LogP contribution in [0.1, 0.15) is 50.0 Å². The van der Waals surface area contributed by atoms with Gasteiger partial charge in [0.2, 0.25) is 0 Å². The van der Waals surface area contributed by atoms with Gasteiger partial charge in [-0.25, -0.2) is 0 Å². The van der Waals surface area contributed by atoms with E-state index in [4.69, 9.17) is 4.74 Å². The maximum absolute atomic E-state index is 12.5. The first kappa shape index (κ1) is 18.8. The van der Waals surface area contributed by atoms with Gasteiger partial charge in [-0.05, 0) is 56.7 Å². The molecule has 1 aliphatic rings. The highest BCUT2D eigenvalue weighted by Crippen LogP contribution is 2.27. The number of aryl methyl sites for hydroxylation is 1. The number of nitrogens with one attached hydrogen (secondary N) is 1. The number of rotatable bonds is 5. The van der Waals surface area contributed by atoms with Crippen molar-refractivity contribution in [3.63, 3.8) is 0 Å². The van der Waals surface area contributed by atoms with Gasteiger partial charge in [-0.1, -0.05) is 19.9 Å². The van der Waals surface area contributed by atoms with Gasteiger partial charge in [-0.2, -0.15) is 0 Å². The lowest BCUT2D eigenvalue weighted by Gasteiger charge is -2.45. The summed E-state index contributed by atoms with van der Waals surface area (Å²) in [4.78, 5) is 15.0. The van der Waals surface area contributed by atoms with E-state index >= 15 is 0 Å². The van der Waals surface area contributed by atoms with Crippen molar-refractivity contribution in [2.45, 2.75) is 46.6 Å². The summed E-state index contributed by atoms with van der Waals surface area (Å²) in [6.07, 6.45) is 1.29. The fourth-order valence-corrected chi connectivity index (χ4v) is 3.63. The quantitative estimate of drug-likeness (QED) is 0.897. The zero-order valence-corrected chi connectivity index (χ0v) is 16.0. The standard InChI is InChI=1S/C20H32N2O2/c1-14-9-15(2)12-22(11-14)20(4,5)13-21-19(23)17-8-7-16(3)18(10-17)24-6/h7-8,10,14-15H,9,11-13H2,1-6H3,(H,21,23). The molecule has 0 spiro atoms. The number of likely N-dealkylation sites (tertiary alicyclic amines) is 1. The van der Waals surface area contributed by atoms with E-state index in [0.717, 1.165) is 24.4 Å². The predicted molar refractivity (Wildman–Crippen MR) is 98.7 cm³/mol. The van der Waals surface area contributed by atoms with Gasteiger partial charge in [-0.3, -0.25) is 9.69 Å². The van der Waals surface area contributed by atoms with Crippen molar-refractivity contribution < 1.29 is 9.53 Å². The third-order valence-electron chi connectivity index (χ3n) is 5.08. The lowest BCUT2D eigenvalue weighted by atomic mass is 9.88. The molecule has 134 valence electrons. The van der Waals surface area contributed by atoms with Crippen LogP contribution < -0.4 is 10.1 Å². The summed E-state index contributed by atoms with van der Waals surface area (Å²) in [7, 11) is 1.63. The molecule has 4 heteroatoms. The molecule has 0 aromatic heterocycles. The van der Waals surface area contributed by atoms with Crippen LogP contribution in [0.4, 0.5) is 0 Å². The summed E-state index contributed by atoms with van der Waals surface area (Å²) in [6, 6.07) is 5.58. The highest BCUT2D eigenvalue weighted by atomic mass is 16.5. The Balaban J connectivity index is 1.99. The van der Waals surface area contributed by atoms with E-state index in [1.54, 1.807) is 7.11 Å². The first-order chi connectivity index (χ1) is 11.2. The van der Waals surface area contributed by atoms with E-state index in [1.165, 1.54) is 6.42 Å². The highest BCUT2D eigenvalue weighted by molar-refractivity contribution is 5.94. The molecule has 0 aliphatic carbocycles. The van der Waals surface area contributed by atoms with Gasteiger partial charge in [0, 0.05) is 30.7 Å². The van der Waals surface area contributed by atoms with Crippen LogP contribution >= 0.6 is 0 Å². The molecule has 1 heterocycles. The Bertz CT molecular complexity index is 573.